The molecule has 1 unspecified atom stereocenters. The molecule has 2 aliphatic heterocycles. The lowest BCUT2D eigenvalue weighted by Gasteiger charge is -2.15. The Balaban J connectivity index is 1.53. The molecule has 0 aliphatic carbocycles. The molecule has 118 valence electrons. The Morgan fingerprint density at radius 1 is 1.14 bits per heavy atom. The summed E-state index contributed by atoms with van der Waals surface area (Å²) < 4.78 is 5.36. The SMILES string of the molecule is O=C(Nc1ccc(CC(=O)N2CCCC2)cc1)C1CCCO1. The van der Waals surface area contributed by atoms with Crippen molar-refractivity contribution in [3.63, 3.8) is 0 Å². The minimum Gasteiger partial charge on any atom is -0.368 e. The van der Waals surface area contributed by atoms with Crippen LogP contribution in [-0.2, 0) is 20.7 Å². The van der Waals surface area contributed by atoms with Gasteiger partial charge in [0, 0.05) is 25.4 Å². The first-order valence-electron chi connectivity index (χ1n) is 8.01. The van der Waals surface area contributed by atoms with Gasteiger partial charge in [-0.05, 0) is 43.4 Å². The lowest BCUT2D eigenvalue weighted by Crippen LogP contribution is -2.29. The van der Waals surface area contributed by atoms with Crippen molar-refractivity contribution in [2.24, 2.45) is 0 Å². The number of ether oxygens (including phenoxy) is 1. The van der Waals surface area contributed by atoms with E-state index in [-0.39, 0.29) is 17.9 Å². The van der Waals surface area contributed by atoms with Gasteiger partial charge in [0.25, 0.3) is 5.91 Å². The number of likely N-dealkylation sites (tertiary alicyclic amines) is 1. The average molecular weight is 302 g/mol. The van der Waals surface area contributed by atoms with Gasteiger partial charge in [0.15, 0.2) is 0 Å². The number of benzene rings is 1. The monoisotopic (exact) mass is 302 g/mol. The largest absolute Gasteiger partial charge is 0.368 e. The zero-order chi connectivity index (χ0) is 15.4. The minimum absolute atomic E-state index is 0.0848. The Kier molecular flexibility index (Phi) is 4.73. The van der Waals surface area contributed by atoms with Crippen LogP contribution in [0.3, 0.4) is 0 Å². The standard InChI is InChI=1S/C17H22N2O3/c20-16(19-9-1-2-10-19)12-13-5-7-14(8-6-13)18-17(21)15-4-3-11-22-15/h5-8,15H,1-4,9-12H2,(H,18,21). The molecule has 3 rings (SSSR count). The van der Waals surface area contributed by atoms with Crippen LogP contribution in [0.5, 0.6) is 0 Å². The molecule has 22 heavy (non-hydrogen) atoms. The first kappa shape index (κ1) is 15.0. The van der Waals surface area contributed by atoms with E-state index in [2.05, 4.69) is 5.32 Å². The maximum absolute atomic E-state index is 12.1. The molecule has 2 aliphatic rings. The van der Waals surface area contributed by atoms with Gasteiger partial charge in [-0.3, -0.25) is 9.59 Å². The van der Waals surface area contributed by atoms with E-state index < -0.39 is 0 Å². The third-order valence-electron chi connectivity index (χ3n) is 4.26. The van der Waals surface area contributed by atoms with Crippen molar-refractivity contribution in [1.29, 1.82) is 0 Å². The van der Waals surface area contributed by atoms with Crippen LogP contribution in [0.25, 0.3) is 0 Å². The molecule has 5 heteroatoms. The molecule has 2 saturated heterocycles. The molecule has 0 saturated carbocycles. The maximum atomic E-state index is 12.1. The van der Waals surface area contributed by atoms with Crippen molar-refractivity contribution >= 4 is 17.5 Å². The third-order valence-corrected chi connectivity index (χ3v) is 4.26. The summed E-state index contributed by atoms with van der Waals surface area (Å²) >= 11 is 0. The first-order valence-corrected chi connectivity index (χ1v) is 8.01. The van der Waals surface area contributed by atoms with Gasteiger partial charge in [-0.2, -0.15) is 0 Å². The average Bonchev–Trinajstić information content (AvgIpc) is 3.23. The zero-order valence-electron chi connectivity index (χ0n) is 12.7. The summed E-state index contributed by atoms with van der Waals surface area (Å²) in [6, 6.07) is 7.50. The second-order valence-corrected chi connectivity index (χ2v) is 5.95. The Hall–Kier alpha value is -1.88. The molecule has 1 aromatic rings. The van der Waals surface area contributed by atoms with Gasteiger partial charge in [0.1, 0.15) is 6.10 Å². The highest BCUT2D eigenvalue weighted by Crippen LogP contribution is 2.17. The van der Waals surface area contributed by atoms with Crippen molar-refractivity contribution < 1.29 is 14.3 Å². The second-order valence-electron chi connectivity index (χ2n) is 5.95. The van der Waals surface area contributed by atoms with Crippen LogP contribution >= 0.6 is 0 Å². The van der Waals surface area contributed by atoms with Crippen LogP contribution in [0.15, 0.2) is 24.3 Å². The fraction of sp³-hybridized carbons (Fsp3) is 0.529. The number of carbonyl (C=O) groups excluding carboxylic acids is 2. The van der Waals surface area contributed by atoms with Crippen molar-refractivity contribution in [3.05, 3.63) is 29.8 Å². The van der Waals surface area contributed by atoms with E-state index in [4.69, 9.17) is 4.74 Å². The first-order chi connectivity index (χ1) is 10.7. The van der Waals surface area contributed by atoms with E-state index in [0.717, 1.165) is 50.0 Å². The summed E-state index contributed by atoms with van der Waals surface area (Å²) in [6.45, 7) is 2.43. The molecule has 1 N–H and O–H groups in total. The summed E-state index contributed by atoms with van der Waals surface area (Å²) in [6.07, 6.45) is 4.06. The van der Waals surface area contributed by atoms with E-state index >= 15 is 0 Å². The highest BCUT2D eigenvalue weighted by atomic mass is 16.5. The number of rotatable bonds is 4. The maximum Gasteiger partial charge on any atom is 0.253 e. The highest BCUT2D eigenvalue weighted by molar-refractivity contribution is 5.94. The van der Waals surface area contributed by atoms with Gasteiger partial charge < -0.3 is 15.0 Å². The Morgan fingerprint density at radius 3 is 2.50 bits per heavy atom. The van der Waals surface area contributed by atoms with Crippen molar-refractivity contribution in [3.8, 4) is 0 Å². The van der Waals surface area contributed by atoms with Crippen LogP contribution in [0, 0.1) is 0 Å². The Morgan fingerprint density at radius 2 is 1.86 bits per heavy atom. The number of hydrogen-bond acceptors (Lipinski definition) is 3. The van der Waals surface area contributed by atoms with Crippen LogP contribution in [-0.4, -0.2) is 42.5 Å². The molecular formula is C17H22N2O3. The van der Waals surface area contributed by atoms with E-state index in [1.807, 2.05) is 29.2 Å². The minimum atomic E-state index is -0.323. The number of hydrogen-bond donors (Lipinski definition) is 1. The molecule has 0 spiro atoms. The lowest BCUT2D eigenvalue weighted by molar-refractivity contribution is -0.129. The molecule has 0 radical (unpaired) electrons. The fourth-order valence-corrected chi connectivity index (χ4v) is 2.97. The highest BCUT2D eigenvalue weighted by Gasteiger charge is 2.23. The predicted octanol–water partition coefficient (Wildman–Crippen LogP) is 1.97. The van der Waals surface area contributed by atoms with E-state index in [1.165, 1.54) is 0 Å². The van der Waals surface area contributed by atoms with Gasteiger partial charge in [-0.25, -0.2) is 0 Å². The molecule has 2 fully saturated rings. The van der Waals surface area contributed by atoms with Crippen LogP contribution < -0.4 is 5.32 Å². The molecule has 2 amide bonds. The van der Waals surface area contributed by atoms with Crippen molar-refractivity contribution in [2.75, 3.05) is 25.0 Å². The molecule has 0 bridgehead atoms. The smallest absolute Gasteiger partial charge is 0.253 e. The van der Waals surface area contributed by atoms with Gasteiger partial charge in [-0.15, -0.1) is 0 Å². The number of nitrogens with zero attached hydrogens (tertiary/aromatic N) is 1. The van der Waals surface area contributed by atoms with Gasteiger partial charge in [0.2, 0.25) is 5.91 Å². The fourth-order valence-electron chi connectivity index (χ4n) is 2.97. The van der Waals surface area contributed by atoms with Gasteiger partial charge >= 0.3 is 0 Å². The second kappa shape index (κ2) is 6.92. The molecular weight excluding hydrogens is 280 g/mol. The molecule has 5 nitrogen and oxygen atoms in total. The van der Waals surface area contributed by atoms with Gasteiger partial charge in [-0.1, -0.05) is 12.1 Å². The van der Waals surface area contributed by atoms with E-state index in [9.17, 15) is 9.59 Å². The lowest BCUT2D eigenvalue weighted by atomic mass is 10.1. The van der Waals surface area contributed by atoms with E-state index in [1.54, 1.807) is 0 Å². The third kappa shape index (κ3) is 3.65. The van der Waals surface area contributed by atoms with Crippen molar-refractivity contribution in [1.82, 2.24) is 4.90 Å². The van der Waals surface area contributed by atoms with Crippen LogP contribution in [0.1, 0.15) is 31.2 Å². The molecule has 0 aromatic heterocycles. The summed E-state index contributed by atoms with van der Waals surface area (Å²) in [5.41, 5.74) is 1.73. The zero-order valence-corrected chi connectivity index (χ0v) is 12.7. The molecule has 2 heterocycles. The quantitative estimate of drug-likeness (QED) is 0.925. The molecule has 1 atom stereocenters. The topological polar surface area (TPSA) is 58.6 Å². The summed E-state index contributed by atoms with van der Waals surface area (Å²) in [7, 11) is 0. The van der Waals surface area contributed by atoms with Crippen LogP contribution in [0.4, 0.5) is 5.69 Å². The molecule has 1 aromatic carbocycles. The number of anilines is 1. The Labute approximate surface area is 130 Å². The summed E-state index contributed by atoms with van der Waals surface area (Å²) in [5.74, 6) is 0.104. The summed E-state index contributed by atoms with van der Waals surface area (Å²) in [5, 5.41) is 2.86. The summed E-state index contributed by atoms with van der Waals surface area (Å²) in [4.78, 5) is 26.0. The number of carbonyl (C=O) groups is 2. The van der Waals surface area contributed by atoms with E-state index in [0.29, 0.717) is 13.0 Å². The predicted molar refractivity (Wildman–Crippen MR) is 83.6 cm³/mol. The Bertz CT molecular complexity index is 480. The van der Waals surface area contributed by atoms with Crippen molar-refractivity contribution in [2.45, 2.75) is 38.2 Å². The number of amides is 2. The number of nitrogens with one attached hydrogen (secondary N) is 1. The van der Waals surface area contributed by atoms with Gasteiger partial charge in [0.05, 0.1) is 6.42 Å². The normalized spacial score (nSPS) is 21.1. The van der Waals surface area contributed by atoms with Crippen LogP contribution in [0.2, 0.25) is 0 Å².